The minimum Gasteiger partial charge on any atom is -0.308 e. The molecule has 1 aliphatic rings. The lowest BCUT2D eigenvalue weighted by atomic mass is 10.2. The molecule has 0 spiro atoms. The third kappa shape index (κ3) is 2.45. The van der Waals surface area contributed by atoms with Crippen molar-refractivity contribution in [2.45, 2.75) is 25.2 Å². The summed E-state index contributed by atoms with van der Waals surface area (Å²) in [6.07, 6.45) is 3.26. The lowest BCUT2D eigenvalue weighted by Gasteiger charge is -2.06. The van der Waals surface area contributed by atoms with Crippen LogP contribution in [0.3, 0.4) is 0 Å². The Morgan fingerprint density at radius 3 is 2.94 bits per heavy atom. The van der Waals surface area contributed by atoms with Crippen LogP contribution in [0.4, 0.5) is 5.82 Å². The fourth-order valence-corrected chi connectivity index (χ4v) is 2.53. The Morgan fingerprint density at radius 2 is 2.29 bits per heavy atom. The molecule has 2 aromatic rings. The van der Waals surface area contributed by atoms with E-state index in [4.69, 9.17) is 5.84 Å². The number of hydrazine groups is 1. The van der Waals surface area contributed by atoms with Gasteiger partial charge in [-0.2, -0.15) is 0 Å². The summed E-state index contributed by atoms with van der Waals surface area (Å²) in [7, 11) is 0. The van der Waals surface area contributed by atoms with Gasteiger partial charge in [0, 0.05) is 29.0 Å². The van der Waals surface area contributed by atoms with E-state index in [0.717, 1.165) is 17.9 Å². The lowest BCUT2D eigenvalue weighted by Crippen LogP contribution is -2.11. The standard InChI is InChI=1S/C12H14N4S/c13-16-12-7-10(8-3-4-8)14-11(15-12)6-9-2-1-5-17-9/h1-2,5,7-8H,3-4,6,13H2,(H,14,15,16). The van der Waals surface area contributed by atoms with Gasteiger partial charge < -0.3 is 5.43 Å². The first-order chi connectivity index (χ1) is 8.35. The Bertz CT molecular complexity index is 505. The Kier molecular flexibility index (Phi) is 2.78. The largest absolute Gasteiger partial charge is 0.308 e. The normalized spacial score (nSPS) is 14.9. The minimum atomic E-state index is 0.618. The molecule has 1 fully saturated rings. The van der Waals surface area contributed by atoms with Crippen LogP contribution in [0.1, 0.15) is 35.2 Å². The highest BCUT2D eigenvalue weighted by Gasteiger charge is 2.26. The average Bonchev–Trinajstić information content (AvgIpc) is 3.09. The zero-order valence-electron chi connectivity index (χ0n) is 9.39. The van der Waals surface area contributed by atoms with Gasteiger partial charge >= 0.3 is 0 Å². The molecule has 3 N–H and O–H groups in total. The molecule has 5 heteroatoms. The van der Waals surface area contributed by atoms with Crippen molar-refractivity contribution >= 4 is 17.2 Å². The van der Waals surface area contributed by atoms with E-state index in [2.05, 4.69) is 26.8 Å². The van der Waals surface area contributed by atoms with Gasteiger partial charge in [-0.05, 0) is 24.3 Å². The number of aromatic nitrogens is 2. The van der Waals surface area contributed by atoms with Crippen molar-refractivity contribution in [1.82, 2.24) is 9.97 Å². The molecule has 0 radical (unpaired) electrons. The van der Waals surface area contributed by atoms with Gasteiger partial charge in [0.15, 0.2) is 0 Å². The molecular formula is C12H14N4S. The number of nitrogens with two attached hydrogens (primary N) is 1. The highest BCUT2D eigenvalue weighted by atomic mass is 32.1. The summed E-state index contributed by atoms with van der Waals surface area (Å²) in [6, 6.07) is 6.11. The van der Waals surface area contributed by atoms with E-state index in [0.29, 0.717) is 11.7 Å². The van der Waals surface area contributed by atoms with Gasteiger partial charge in [0.25, 0.3) is 0 Å². The Labute approximate surface area is 104 Å². The molecule has 0 unspecified atom stereocenters. The van der Waals surface area contributed by atoms with E-state index >= 15 is 0 Å². The van der Waals surface area contributed by atoms with Crippen LogP contribution in [0.2, 0.25) is 0 Å². The number of anilines is 1. The second-order valence-corrected chi connectivity index (χ2v) is 5.30. The fraction of sp³-hybridized carbons (Fsp3) is 0.333. The molecule has 0 aliphatic heterocycles. The van der Waals surface area contributed by atoms with Crippen molar-refractivity contribution in [1.29, 1.82) is 0 Å². The van der Waals surface area contributed by atoms with Crippen LogP contribution in [0.25, 0.3) is 0 Å². The first-order valence-electron chi connectivity index (χ1n) is 5.72. The van der Waals surface area contributed by atoms with E-state index in [1.165, 1.54) is 17.7 Å². The third-order valence-electron chi connectivity index (χ3n) is 2.85. The molecule has 4 nitrogen and oxygen atoms in total. The van der Waals surface area contributed by atoms with Crippen LogP contribution >= 0.6 is 11.3 Å². The minimum absolute atomic E-state index is 0.618. The number of hydrogen-bond acceptors (Lipinski definition) is 5. The summed E-state index contributed by atoms with van der Waals surface area (Å²) in [5.41, 5.74) is 3.75. The second-order valence-electron chi connectivity index (χ2n) is 4.27. The first-order valence-corrected chi connectivity index (χ1v) is 6.60. The van der Waals surface area contributed by atoms with Crippen LogP contribution in [-0.2, 0) is 6.42 Å². The number of nitrogens with one attached hydrogen (secondary N) is 1. The summed E-state index contributed by atoms with van der Waals surface area (Å²) >= 11 is 1.73. The molecule has 17 heavy (non-hydrogen) atoms. The van der Waals surface area contributed by atoms with Crippen molar-refractivity contribution in [3.63, 3.8) is 0 Å². The molecule has 0 bridgehead atoms. The smallest absolute Gasteiger partial charge is 0.143 e. The summed E-state index contributed by atoms with van der Waals surface area (Å²) in [5, 5.41) is 2.07. The summed E-state index contributed by atoms with van der Waals surface area (Å²) < 4.78 is 0. The Morgan fingerprint density at radius 1 is 1.41 bits per heavy atom. The summed E-state index contributed by atoms with van der Waals surface area (Å²) in [5.74, 6) is 7.63. The number of thiophene rings is 1. The number of hydrogen-bond donors (Lipinski definition) is 2. The van der Waals surface area contributed by atoms with E-state index in [9.17, 15) is 0 Å². The van der Waals surface area contributed by atoms with Gasteiger partial charge in [0.2, 0.25) is 0 Å². The molecule has 1 saturated carbocycles. The molecule has 2 aromatic heterocycles. The molecule has 0 aromatic carbocycles. The Balaban J connectivity index is 1.89. The van der Waals surface area contributed by atoms with Crippen LogP contribution in [0.5, 0.6) is 0 Å². The second kappa shape index (κ2) is 4.43. The van der Waals surface area contributed by atoms with Gasteiger partial charge in [-0.1, -0.05) is 6.07 Å². The number of nitrogens with zero attached hydrogens (tertiary/aromatic N) is 2. The lowest BCUT2D eigenvalue weighted by molar-refractivity contribution is 0.905. The van der Waals surface area contributed by atoms with E-state index < -0.39 is 0 Å². The predicted octanol–water partition coefficient (Wildman–Crippen LogP) is 2.29. The fourth-order valence-electron chi connectivity index (χ4n) is 1.83. The number of rotatable bonds is 4. The predicted molar refractivity (Wildman–Crippen MR) is 68.9 cm³/mol. The topological polar surface area (TPSA) is 63.8 Å². The van der Waals surface area contributed by atoms with E-state index in [-0.39, 0.29) is 0 Å². The van der Waals surface area contributed by atoms with Crippen molar-refractivity contribution in [2.24, 2.45) is 5.84 Å². The van der Waals surface area contributed by atoms with Gasteiger partial charge in [0.05, 0.1) is 0 Å². The Hall–Kier alpha value is -1.46. The highest BCUT2D eigenvalue weighted by molar-refractivity contribution is 7.09. The van der Waals surface area contributed by atoms with E-state index in [1.54, 1.807) is 11.3 Å². The van der Waals surface area contributed by atoms with Crippen LogP contribution in [-0.4, -0.2) is 9.97 Å². The van der Waals surface area contributed by atoms with E-state index in [1.807, 2.05) is 12.1 Å². The van der Waals surface area contributed by atoms with Crippen LogP contribution < -0.4 is 11.3 Å². The molecule has 2 heterocycles. The quantitative estimate of drug-likeness (QED) is 0.642. The van der Waals surface area contributed by atoms with Crippen molar-refractivity contribution < 1.29 is 0 Å². The van der Waals surface area contributed by atoms with Gasteiger partial charge in [-0.15, -0.1) is 11.3 Å². The SMILES string of the molecule is NNc1cc(C2CC2)nc(Cc2cccs2)n1. The van der Waals surface area contributed by atoms with Crippen molar-refractivity contribution in [2.75, 3.05) is 5.43 Å². The maximum absolute atomic E-state index is 5.44. The maximum atomic E-state index is 5.44. The highest BCUT2D eigenvalue weighted by Crippen LogP contribution is 2.39. The molecule has 3 rings (SSSR count). The molecule has 88 valence electrons. The molecule has 0 amide bonds. The molecule has 1 aliphatic carbocycles. The molecular weight excluding hydrogens is 232 g/mol. The third-order valence-corrected chi connectivity index (χ3v) is 3.72. The van der Waals surface area contributed by atoms with Crippen molar-refractivity contribution in [3.8, 4) is 0 Å². The number of nitrogen functional groups attached to an aromatic ring is 1. The van der Waals surface area contributed by atoms with Gasteiger partial charge in [0.1, 0.15) is 11.6 Å². The average molecular weight is 246 g/mol. The monoisotopic (exact) mass is 246 g/mol. The molecule has 0 saturated heterocycles. The van der Waals surface area contributed by atoms with Gasteiger partial charge in [-0.3, -0.25) is 0 Å². The molecule has 0 atom stereocenters. The zero-order valence-corrected chi connectivity index (χ0v) is 10.2. The van der Waals surface area contributed by atoms with Crippen LogP contribution in [0.15, 0.2) is 23.6 Å². The summed E-state index contributed by atoms with van der Waals surface area (Å²) in [4.78, 5) is 10.3. The first kappa shape index (κ1) is 10.7. The maximum Gasteiger partial charge on any atom is 0.143 e. The van der Waals surface area contributed by atoms with Gasteiger partial charge in [-0.25, -0.2) is 15.8 Å². The van der Waals surface area contributed by atoms with Crippen molar-refractivity contribution in [3.05, 3.63) is 40.0 Å². The summed E-state index contributed by atoms with van der Waals surface area (Å²) in [6.45, 7) is 0. The van der Waals surface area contributed by atoms with Crippen LogP contribution in [0, 0.1) is 0 Å². The zero-order chi connectivity index (χ0) is 11.7.